The lowest BCUT2D eigenvalue weighted by Gasteiger charge is -2.23. The second-order valence-electron chi connectivity index (χ2n) is 8.68. The minimum Gasteiger partial charge on any atom is -0.481 e. The standard InChI is InChI=1S/C24H28ClN3O4.C2HF3O2/c25-18-7-9-19(10-8-18)28-21-11-6-17(5-3-1-2-4-13-26)15-20(21)24(32)27(16-22(28)29)14-12-23(30)31;3-2(4,5)1(6)7/h6-11,15H,1-5,12-14,16,26H2,(H,30,31);(H,6,7). The van der Waals surface area contributed by atoms with E-state index < -0.39 is 18.1 Å². The monoisotopic (exact) mass is 571 g/mol. The summed E-state index contributed by atoms with van der Waals surface area (Å²) in [5.41, 5.74) is 8.05. The lowest BCUT2D eigenvalue weighted by molar-refractivity contribution is -0.192. The quantitative estimate of drug-likeness (QED) is 0.353. The van der Waals surface area contributed by atoms with Crippen molar-refractivity contribution in [2.75, 3.05) is 24.5 Å². The molecule has 2 amide bonds. The molecule has 0 fully saturated rings. The number of nitrogens with two attached hydrogens (primary N) is 1. The van der Waals surface area contributed by atoms with Crippen LogP contribution in [0.15, 0.2) is 42.5 Å². The number of rotatable bonds is 10. The number of carboxylic acid groups (broad SMARTS) is 2. The number of fused-ring (bicyclic) bond motifs is 1. The fraction of sp³-hybridized carbons (Fsp3) is 0.385. The maximum atomic E-state index is 13.3. The summed E-state index contributed by atoms with van der Waals surface area (Å²) in [6, 6.07) is 12.4. The molecule has 0 atom stereocenters. The van der Waals surface area contributed by atoms with Crippen molar-refractivity contribution >= 4 is 46.7 Å². The summed E-state index contributed by atoms with van der Waals surface area (Å²) >= 11 is 6.01. The molecule has 212 valence electrons. The summed E-state index contributed by atoms with van der Waals surface area (Å²) in [6.07, 6.45) is -0.384. The molecule has 3 rings (SSSR count). The zero-order valence-corrected chi connectivity index (χ0v) is 21.7. The van der Waals surface area contributed by atoms with Crippen LogP contribution < -0.4 is 10.6 Å². The Bertz CT molecular complexity index is 1170. The number of carbonyl (C=O) groups is 4. The minimum absolute atomic E-state index is 0.0306. The number of alkyl halides is 3. The highest BCUT2D eigenvalue weighted by Gasteiger charge is 2.38. The van der Waals surface area contributed by atoms with Gasteiger partial charge >= 0.3 is 18.1 Å². The van der Waals surface area contributed by atoms with Gasteiger partial charge in [0.05, 0.1) is 17.7 Å². The van der Waals surface area contributed by atoms with Crippen molar-refractivity contribution in [2.24, 2.45) is 5.73 Å². The second-order valence-corrected chi connectivity index (χ2v) is 9.12. The second kappa shape index (κ2) is 14.5. The van der Waals surface area contributed by atoms with E-state index in [-0.39, 0.29) is 31.3 Å². The van der Waals surface area contributed by atoms with Crippen molar-refractivity contribution in [3.63, 3.8) is 0 Å². The number of anilines is 2. The first-order valence-corrected chi connectivity index (χ1v) is 12.5. The van der Waals surface area contributed by atoms with Crippen molar-refractivity contribution < 1.29 is 42.6 Å². The van der Waals surface area contributed by atoms with Crippen LogP contribution in [0.5, 0.6) is 0 Å². The summed E-state index contributed by atoms with van der Waals surface area (Å²) in [4.78, 5) is 49.3. The first-order valence-electron chi connectivity index (χ1n) is 12.1. The molecule has 39 heavy (non-hydrogen) atoms. The van der Waals surface area contributed by atoms with E-state index in [2.05, 4.69) is 0 Å². The Kier molecular flexibility index (Phi) is 11.7. The largest absolute Gasteiger partial charge is 0.490 e. The Balaban J connectivity index is 0.000000673. The average Bonchev–Trinajstić information content (AvgIpc) is 2.97. The Morgan fingerprint density at radius 3 is 2.15 bits per heavy atom. The van der Waals surface area contributed by atoms with Gasteiger partial charge in [0.25, 0.3) is 11.8 Å². The maximum Gasteiger partial charge on any atom is 0.490 e. The minimum atomic E-state index is -5.08. The van der Waals surface area contributed by atoms with Crippen molar-refractivity contribution in [2.45, 2.75) is 44.7 Å². The fourth-order valence-corrected chi connectivity index (χ4v) is 3.95. The van der Waals surface area contributed by atoms with E-state index in [0.29, 0.717) is 28.5 Å². The zero-order valence-electron chi connectivity index (χ0n) is 20.9. The molecule has 13 heteroatoms. The van der Waals surface area contributed by atoms with Crippen molar-refractivity contribution in [3.8, 4) is 0 Å². The molecule has 0 saturated carbocycles. The molecule has 0 saturated heterocycles. The van der Waals surface area contributed by atoms with E-state index in [1.54, 1.807) is 30.3 Å². The number of amides is 2. The van der Waals surface area contributed by atoms with Gasteiger partial charge in [-0.15, -0.1) is 0 Å². The maximum absolute atomic E-state index is 13.3. The van der Waals surface area contributed by atoms with Crippen LogP contribution in [-0.2, 0) is 20.8 Å². The number of halogens is 4. The normalized spacial score (nSPS) is 13.4. The Morgan fingerprint density at radius 1 is 0.974 bits per heavy atom. The van der Waals surface area contributed by atoms with Crippen LogP contribution in [0.4, 0.5) is 24.5 Å². The van der Waals surface area contributed by atoms with Crippen molar-refractivity contribution in [1.82, 2.24) is 4.90 Å². The highest BCUT2D eigenvalue weighted by Crippen LogP contribution is 2.34. The number of benzene rings is 2. The molecule has 1 aliphatic rings. The Labute approximate surface area is 227 Å². The molecule has 0 radical (unpaired) electrons. The Hall–Kier alpha value is -3.64. The fourth-order valence-electron chi connectivity index (χ4n) is 3.83. The van der Waals surface area contributed by atoms with Gasteiger partial charge in [0.1, 0.15) is 6.54 Å². The molecule has 0 unspecified atom stereocenters. The van der Waals surface area contributed by atoms with Crippen LogP contribution in [0.2, 0.25) is 5.02 Å². The number of hydrogen-bond acceptors (Lipinski definition) is 5. The van der Waals surface area contributed by atoms with Gasteiger partial charge in [0.15, 0.2) is 0 Å². The van der Waals surface area contributed by atoms with E-state index in [0.717, 1.165) is 37.7 Å². The van der Waals surface area contributed by atoms with Crippen molar-refractivity contribution in [1.29, 1.82) is 0 Å². The highest BCUT2D eigenvalue weighted by molar-refractivity contribution is 6.30. The molecule has 0 spiro atoms. The molecule has 1 aliphatic heterocycles. The van der Waals surface area contributed by atoms with Crippen LogP contribution in [0.3, 0.4) is 0 Å². The first-order chi connectivity index (χ1) is 18.3. The summed E-state index contributed by atoms with van der Waals surface area (Å²) in [7, 11) is 0. The van der Waals surface area contributed by atoms with E-state index in [1.807, 2.05) is 12.1 Å². The number of unbranched alkanes of at least 4 members (excludes halogenated alkanes) is 3. The Morgan fingerprint density at radius 2 is 1.59 bits per heavy atom. The van der Waals surface area contributed by atoms with Gasteiger partial charge in [-0.2, -0.15) is 13.2 Å². The number of carboxylic acids is 2. The van der Waals surface area contributed by atoms with E-state index in [4.69, 9.17) is 32.3 Å². The summed E-state index contributed by atoms with van der Waals surface area (Å²) < 4.78 is 31.7. The molecular formula is C26H29ClF3N3O6. The van der Waals surface area contributed by atoms with Crippen LogP contribution in [0.25, 0.3) is 0 Å². The van der Waals surface area contributed by atoms with Gasteiger partial charge in [-0.25, -0.2) is 4.79 Å². The topological polar surface area (TPSA) is 141 Å². The highest BCUT2D eigenvalue weighted by atomic mass is 35.5. The number of nitrogens with zero attached hydrogens (tertiary/aromatic N) is 2. The summed E-state index contributed by atoms with van der Waals surface area (Å²) in [6.45, 7) is 0.461. The van der Waals surface area contributed by atoms with Gasteiger partial charge in [0.2, 0.25) is 0 Å². The predicted molar refractivity (Wildman–Crippen MR) is 138 cm³/mol. The van der Waals surface area contributed by atoms with Gasteiger partial charge in [-0.05, 0) is 67.8 Å². The van der Waals surface area contributed by atoms with E-state index in [1.165, 1.54) is 9.80 Å². The van der Waals surface area contributed by atoms with Crippen LogP contribution in [0.1, 0.15) is 48.0 Å². The van der Waals surface area contributed by atoms with Gasteiger partial charge < -0.3 is 20.8 Å². The molecule has 9 nitrogen and oxygen atoms in total. The smallest absolute Gasteiger partial charge is 0.481 e. The molecule has 1 heterocycles. The third-order valence-electron chi connectivity index (χ3n) is 5.74. The van der Waals surface area contributed by atoms with Crippen LogP contribution in [-0.4, -0.2) is 64.7 Å². The lowest BCUT2D eigenvalue weighted by Crippen LogP contribution is -2.38. The summed E-state index contributed by atoms with van der Waals surface area (Å²) in [5.74, 6) is -4.42. The molecule has 0 aliphatic carbocycles. The van der Waals surface area contributed by atoms with Gasteiger partial charge in [-0.1, -0.05) is 30.5 Å². The number of aliphatic carboxylic acids is 2. The van der Waals surface area contributed by atoms with Crippen molar-refractivity contribution in [3.05, 3.63) is 58.6 Å². The number of hydrogen-bond donors (Lipinski definition) is 3. The summed E-state index contributed by atoms with van der Waals surface area (Å²) in [5, 5.41) is 16.7. The molecule has 4 N–H and O–H groups in total. The average molecular weight is 572 g/mol. The lowest BCUT2D eigenvalue weighted by atomic mass is 10.0. The number of carbonyl (C=O) groups excluding carboxylic acids is 2. The third kappa shape index (κ3) is 9.56. The first kappa shape index (κ1) is 31.6. The SMILES string of the molecule is NCCCCCCc1ccc2c(c1)C(=O)N(CCC(=O)O)CC(=O)N2c1ccc(Cl)cc1.O=C(O)C(F)(F)F. The van der Waals surface area contributed by atoms with E-state index >= 15 is 0 Å². The van der Waals surface area contributed by atoms with Gasteiger partial charge in [0, 0.05) is 17.3 Å². The van der Waals surface area contributed by atoms with Gasteiger partial charge in [-0.3, -0.25) is 19.3 Å². The molecule has 0 aromatic heterocycles. The van der Waals surface area contributed by atoms with Crippen LogP contribution >= 0.6 is 11.6 Å². The van der Waals surface area contributed by atoms with E-state index in [9.17, 15) is 27.6 Å². The third-order valence-corrected chi connectivity index (χ3v) is 5.99. The van der Waals surface area contributed by atoms with Crippen LogP contribution in [0, 0.1) is 0 Å². The zero-order chi connectivity index (χ0) is 29.2. The molecule has 0 bridgehead atoms. The molecule has 2 aromatic rings. The predicted octanol–water partition coefficient (Wildman–Crippen LogP) is 4.63. The molecule has 2 aromatic carbocycles. The number of aryl methyl sites for hydroxylation is 1. The molecular weight excluding hydrogens is 543 g/mol.